The number of nitrogens with zero attached hydrogens (tertiary/aromatic N) is 2. The van der Waals surface area contributed by atoms with Gasteiger partial charge in [0, 0.05) is 16.1 Å². The van der Waals surface area contributed by atoms with E-state index >= 15 is 0 Å². The summed E-state index contributed by atoms with van der Waals surface area (Å²) in [6, 6.07) is 28.3. The normalized spacial score (nSPS) is 11.5. The van der Waals surface area contributed by atoms with Gasteiger partial charge in [-0.05, 0) is 64.5 Å². The number of thioether (sulfide) groups is 1. The lowest BCUT2D eigenvalue weighted by molar-refractivity contribution is -0.131. The SMILES string of the molecule is O=C(O)/C(=C/c1c(OCc2ccccc2)ccc2ccccc12)Sc1nnc(-c2ccc(Cl)cc2)o1. The zero-order chi connectivity index (χ0) is 24.9. The predicted octanol–water partition coefficient (Wildman–Crippen LogP) is 7.34. The smallest absolute Gasteiger partial charge is 0.342 e. The van der Waals surface area contributed by atoms with Gasteiger partial charge in [-0.3, -0.25) is 0 Å². The highest BCUT2D eigenvalue weighted by Gasteiger charge is 2.18. The number of carboxylic acids is 1. The minimum Gasteiger partial charge on any atom is -0.488 e. The van der Waals surface area contributed by atoms with Crippen LogP contribution in [0.5, 0.6) is 5.75 Å². The van der Waals surface area contributed by atoms with Crippen molar-refractivity contribution in [2.75, 3.05) is 0 Å². The molecule has 0 spiro atoms. The maximum Gasteiger partial charge on any atom is 0.342 e. The van der Waals surface area contributed by atoms with Crippen LogP contribution in [0.15, 0.2) is 106 Å². The van der Waals surface area contributed by atoms with E-state index in [1.165, 1.54) is 0 Å². The fourth-order valence-electron chi connectivity index (χ4n) is 3.61. The van der Waals surface area contributed by atoms with E-state index in [0.29, 0.717) is 28.5 Å². The van der Waals surface area contributed by atoms with E-state index < -0.39 is 5.97 Å². The first-order chi connectivity index (χ1) is 17.6. The van der Waals surface area contributed by atoms with Crippen LogP contribution in [0.25, 0.3) is 28.3 Å². The first-order valence-electron chi connectivity index (χ1n) is 11.0. The highest BCUT2D eigenvalue weighted by molar-refractivity contribution is 8.03. The molecule has 1 aromatic heterocycles. The Kier molecular flexibility index (Phi) is 7.02. The number of halogens is 1. The van der Waals surface area contributed by atoms with Crippen LogP contribution in [0.2, 0.25) is 5.02 Å². The summed E-state index contributed by atoms with van der Waals surface area (Å²) >= 11 is 6.82. The van der Waals surface area contributed by atoms with Gasteiger partial charge in [0.2, 0.25) is 5.89 Å². The number of aliphatic carboxylic acids is 1. The summed E-state index contributed by atoms with van der Waals surface area (Å²) in [6.45, 7) is 0.351. The number of carbonyl (C=O) groups is 1. The predicted molar refractivity (Wildman–Crippen MR) is 141 cm³/mol. The fraction of sp³-hybridized carbons (Fsp3) is 0.0357. The van der Waals surface area contributed by atoms with Crippen molar-refractivity contribution in [1.82, 2.24) is 10.2 Å². The molecule has 0 fully saturated rings. The number of hydrogen-bond donors (Lipinski definition) is 1. The Morgan fingerprint density at radius 2 is 1.69 bits per heavy atom. The Balaban J connectivity index is 1.49. The summed E-state index contributed by atoms with van der Waals surface area (Å²) in [5.74, 6) is -0.270. The summed E-state index contributed by atoms with van der Waals surface area (Å²) in [5.41, 5.74) is 2.35. The molecule has 0 bridgehead atoms. The number of hydrogen-bond acceptors (Lipinski definition) is 6. The summed E-state index contributed by atoms with van der Waals surface area (Å²) in [6.07, 6.45) is 1.59. The molecule has 0 aliphatic heterocycles. The Labute approximate surface area is 216 Å². The van der Waals surface area contributed by atoms with Gasteiger partial charge in [-0.15, -0.1) is 10.2 Å². The largest absolute Gasteiger partial charge is 0.488 e. The first kappa shape index (κ1) is 23.7. The topological polar surface area (TPSA) is 85.5 Å². The lowest BCUT2D eigenvalue weighted by Crippen LogP contribution is -2.00. The van der Waals surface area contributed by atoms with Crippen molar-refractivity contribution in [1.29, 1.82) is 0 Å². The van der Waals surface area contributed by atoms with Gasteiger partial charge in [0.1, 0.15) is 17.3 Å². The molecule has 1 N–H and O–H groups in total. The molecule has 6 nitrogen and oxygen atoms in total. The van der Waals surface area contributed by atoms with Crippen molar-refractivity contribution in [3.05, 3.63) is 112 Å². The van der Waals surface area contributed by atoms with Crippen molar-refractivity contribution >= 4 is 46.2 Å². The number of benzene rings is 4. The van der Waals surface area contributed by atoms with Gasteiger partial charge in [-0.2, -0.15) is 0 Å². The average molecular weight is 515 g/mol. The maximum atomic E-state index is 12.2. The van der Waals surface area contributed by atoms with E-state index in [9.17, 15) is 9.90 Å². The summed E-state index contributed by atoms with van der Waals surface area (Å²) < 4.78 is 11.8. The van der Waals surface area contributed by atoms with Crippen molar-refractivity contribution in [2.24, 2.45) is 0 Å². The molecule has 5 aromatic rings. The standard InChI is InChI=1S/C28H19ClN2O4S/c29-21-13-10-20(11-14-21)26-30-31-28(35-26)36-25(27(32)33)16-23-22-9-5-4-8-19(22)12-15-24(23)34-17-18-6-2-1-3-7-18/h1-16H,17H2,(H,32,33)/b25-16-. The van der Waals surface area contributed by atoms with Crippen LogP contribution in [0.3, 0.4) is 0 Å². The minimum absolute atomic E-state index is 0.0159. The monoisotopic (exact) mass is 514 g/mol. The van der Waals surface area contributed by atoms with Crippen LogP contribution in [0, 0.1) is 0 Å². The third-order valence-corrected chi connectivity index (χ3v) is 6.45. The minimum atomic E-state index is -1.12. The molecule has 4 aromatic carbocycles. The van der Waals surface area contributed by atoms with E-state index in [1.54, 1.807) is 30.3 Å². The quantitative estimate of drug-likeness (QED) is 0.171. The molecule has 0 aliphatic carbocycles. The molecule has 0 aliphatic rings. The van der Waals surface area contributed by atoms with E-state index in [0.717, 1.165) is 28.1 Å². The molecule has 0 saturated heterocycles. The van der Waals surface area contributed by atoms with E-state index in [-0.39, 0.29) is 16.0 Å². The second-order valence-corrected chi connectivity index (χ2v) is 9.20. The zero-order valence-electron chi connectivity index (χ0n) is 18.8. The first-order valence-corrected chi connectivity index (χ1v) is 12.2. The molecule has 0 saturated carbocycles. The van der Waals surface area contributed by atoms with E-state index in [1.807, 2.05) is 66.7 Å². The third-order valence-electron chi connectivity index (χ3n) is 5.35. The summed E-state index contributed by atoms with van der Waals surface area (Å²) in [4.78, 5) is 12.2. The molecule has 178 valence electrons. The number of aromatic nitrogens is 2. The molecule has 1 heterocycles. The van der Waals surface area contributed by atoms with E-state index in [2.05, 4.69) is 10.2 Å². The lowest BCUT2D eigenvalue weighted by Gasteiger charge is -2.13. The zero-order valence-corrected chi connectivity index (χ0v) is 20.4. The summed E-state index contributed by atoms with van der Waals surface area (Å²) in [5, 5.41) is 20.6. The van der Waals surface area contributed by atoms with Gasteiger partial charge >= 0.3 is 5.97 Å². The molecule has 0 unspecified atom stereocenters. The molecule has 0 atom stereocenters. The van der Waals surface area contributed by atoms with Crippen LogP contribution in [0.1, 0.15) is 11.1 Å². The lowest BCUT2D eigenvalue weighted by atomic mass is 10.0. The highest BCUT2D eigenvalue weighted by Crippen LogP contribution is 2.35. The van der Waals surface area contributed by atoms with Crippen molar-refractivity contribution in [3.8, 4) is 17.2 Å². The van der Waals surface area contributed by atoms with Gasteiger partial charge in [-0.25, -0.2) is 4.79 Å². The van der Waals surface area contributed by atoms with Gasteiger partial charge in [-0.1, -0.05) is 72.3 Å². The Hall–Kier alpha value is -4.07. The maximum absolute atomic E-state index is 12.2. The van der Waals surface area contributed by atoms with E-state index in [4.69, 9.17) is 20.8 Å². The second kappa shape index (κ2) is 10.7. The Morgan fingerprint density at radius 3 is 2.47 bits per heavy atom. The fourth-order valence-corrected chi connectivity index (χ4v) is 4.39. The number of ether oxygens (including phenoxy) is 1. The molecule has 5 rings (SSSR count). The molecule has 0 radical (unpaired) electrons. The molecular formula is C28H19ClN2O4S. The number of rotatable bonds is 8. The number of carboxylic acid groups (broad SMARTS) is 1. The molecule has 0 amide bonds. The second-order valence-electron chi connectivity index (χ2n) is 7.77. The van der Waals surface area contributed by atoms with Crippen LogP contribution in [-0.4, -0.2) is 21.3 Å². The van der Waals surface area contributed by atoms with Gasteiger partial charge < -0.3 is 14.3 Å². The van der Waals surface area contributed by atoms with Gasteiger partial charge in [0.25, 0.3) is 5.22 Å². The molecular weight excluding hydrogens is 496 g/mol. The Morgan fingerprint density at radius 1 is 0.944 bits per heavy atom. The highest BCUT2D eigenvalue weighted by atomic mass is 35.5. The van der Waals surface area contributed by atoms with Crippen LogP contribution >= 0.6 is 23.4 Å². The summed E-state index contributed by atoms with van der Waals surface area (Å²) in [7, 11) is 0. The van der Waals surface area contributed by atoms with Crippen molar-refractivity contribution in [2.45, 2.75) is 11.8 Å². The van der Waals surface area contributed by atoms with Crippen molar-refractivity contribution in [3.63, 3.8) is 0 Å². The van der Waals surface area contributed by atoms with Crippen LogP contribution in [-0.2, 0) is 11.4 Å². The average Bonchev–Trinajstić information content (AvgIpc) is 3.37. The Bertz CT molecular complexity index is 1550. The molecule has 36 heavy (non-hydrogen) atoms. The van der Waals surface area contributed by atoms with Crippen LogP contribution in [0.4, 0.5) is 0 Å². The van der Waals surface area contributed by atoms with Gasteiger partial charge in [0.15, 0.2) is 0 Å². The van der Waals surface area contributed by atoms with Crippen molar-refractivity contribution < 1.29 is 19.1 Å². The van der Waals surface area contributed by atoms with Gasteiger partial charge in [0.05, 0.1) is 0 Å². The molecule has 8 heteroatoms. The number of fused-ring (bicyclic) bond motifs is 1. The third kappa shape index (κ3) is 5.43. The van der Waals surface area contributed by atoms with Crippen LogP contribution < -0.4 is 4.74 Å².